The fourth-order valence-corrected chi connectivity index (χ4v) is 12.6. The van der Waals surface area contributed by atoms with Gasteiger partial charge in [0.05, 0.1) is 0 Å². The van der Waals surface area contributed by atoms with Gasteiger partial charge in [0.25, 0.3) is 0 Å². The number of hydrogen-bond acceptors (Lipinski definition) is 3. The zero-order chi connectivity index (χ0) is 35.0. The van der Waals surface area contributed by atoms with Crippen LogP contribution in [-0.4, -0.2) is 31.2 Å². The number of fused-ring (bicyclic) bond motifs is 8. The number of carbonyl (C=O) groups is 2. The molecule has 2 aromatic carbocycles. The molecule has 2 amide bonds. The van der Waals surface area contributed by atoms with E-state index in [2.05, 4.69) is 81.7 Å². The number of alkyl carbamates (subject to hydrolysis) is 1. The minimum absolute atomic E-state index is 0.0322. The zero-order valence-corrected chi connectivity index (χ0v) is 31.6. The van der Waals surface area contributed by atoms with Crippen molar-refractivity contribution in [3.8, 4) is 11.1 Å². The molecule has 8 unspecified atom stereocenters. The summed E-state index contributed by atoms with van der Waals surface area (Å²) >= 11 is 0. The van der Waals surface area contributed by atoms with Crippen molar-refractivity contribution in [2.75, 3.05) is 13.2 Å². The highest BCUT2D eigenvalue weighted by Crippen LogP contribution is 2.68. The third kappa shape index (κ3) is 6.76. The predicted octanol–water partition coefficient (Wildman–Crippen LogP) is 10.5. The van der Waals surface area contributed by atoms with Crippen LogP contribution in [0, 0.1) is 52.3 Å². The van der Waals surface area contributed by atoms with Crippen molar-refractivity contribution in [1.82, 2.24) is 10.6 Å². The first kappa shape index (κ1) is 35.6. The summed E-state index contributed by atoms with van der Waals surface area (Å²) in [6, 6.07) is 17.0. The molecule has 5 aliphatic rings. The van der Waals surface area contributed by atoms with Crippen LogP contribution in [0.5, 0.6) is 0 Å². The van der Waals surface area contributed by atoms with Crippen molar-refractivity contribution in [3.05, 3.63) is 59.7 Å². The summed E-state index contributed by atoms with van der Waals surface area (Å²) in [5.74, 6) is 6.05. The van der Waals surface area contributed by atoms with Crippen LogP contribution in [-0.2, 0) is 9.53 Å². The van der Waals surface area contributed by atoms with Gasteiger partial charge in [0.2, 0.25) is 5.91 Å². The maximum absolute atomic E-state index is 13.0. The molecule has 5 heteroatoms. The Morgan fingerprint density at radius 1 is 0.820 bits per heavy atom. The summed E-state index contributed by atoms with van der Waals surface area (Å²) in [6.45, 7) is 13.2. The average Bonchev–Trinajstić information content (AvgIpc) is 3.62. The van der Waals surface area contributed by atoms with Gasteiger partial charge in [0, 0.05) is 24.9 Å². The molecule has 9 atom stereocenters. The van der Waals surface area contributed by atoms with E-state index in [1.807, 2.05) is 12.1 Å². The van der Waals surface area contributed by atoms with Crippen molar-refractivity contribution in [3.63, 3.8) is 0 Å². The first-order valence-electron chi connectivity index (χ1n) is 20.5. The third-order valence-corrected chi connectivity index (χ3v) is 15.2. The van der Waals surface area contributed by atoms with E-state index in [1.54, 1.807) is 0 Å². The lowest BCUT2D eigenvalue weighted by molar-refractivity contribution is -0.128. The standard InChI is InChI=1S/C45H64N2O3/c1-29(2)11-10-12-30(3)39-19-20-40-37-18-17-31-27-32(21-24-44(31,4)41(37)22-25-45(39,40)5)47-42(48)23-26-46-43(49)50-28-38-35-15-8-6-13-33(35)34-14-7-9-16-36(34)38/h6-9,13-16,29-32,37-41H,10-12,17-28H2,1-5H3,(H,46,49)(H,47,48)/t30-,31?,32?,37?,39?,40?,41?,44?,45?/m1/s1. The first-order chi connectivity index (χ1) is 24.1. The number of carbonyl (C=O) groups excluding carboxylic acids is 2. The van der Waals surface area contributed by atoms with Gasteiger partial charge in [-0.1, -0.05) is 102 Å². The molecule has 0 spiro atoms. The molecule has 5 nitrogen and oxygen atoms in total. The fourth-order valence-electron chi connectivity index (χ4n) is 12.6. The van der Waals surface area contributed by atoms with Crippen molar-refractivity contribution >= 4 is 12.0 Å². The normalized spacial score (nSPS) is 33.4. The molecule has 0 bridgehead atoms. The monoisotopic (exact) mass is 680 g/mol. The summed E-state index contributed by atoms with van der Waals surface area (Å²) in [5.41, 5.74) is 5.78. The smallest absolute Gasteiger partial charge is 0.407 e. The second-order valence-corrected chi connectivity index (χ2v) is 18.2. The van der Waals surface area contributed by atoms with Gasteiger partial charge >= 0.3 is 6.09 Å². The molecule has 7 rings (SSSR count). The second kappa shape index (κ2) is 14.7. The van der Waals surface area contributed by atoms with E-state index in [0.717, 1.165) is 48.3 Å². The van der Waals surface area contributed by atoms with E-state index in [4.69, 9.17) is 4.74 Å². The Kier molecular flexibility index (Phi) is 10.4. The lowest BCUT2D eigenvalue weighted by Crippen LogP contribution is -2.55. The SMILES string of the molecule is CC(C)CCC[C@@H](C)C1CCC2C3CCC4CC(NC(=O)CCNC(=O)OCC5c6ccccc6-c6ccccc65)CCC4(C)C3CCC21C. The van der Waals surface area contributed by atoms with Gasteiger partial charge in [-0.2, -0.15) is 0 Å². The zero-order valence-electron chi connectivity index (χ0n) is 31.6. The van der Waals surface area contributed by atoms with E-state index in [0.29, 0.717) is 16.7 Å². The van der Waals surface area contributed by atoms with Crippen molar-refractivity contribution < 1.29 is 14.3 Å². The van der Waals surface area contributed by atoms with Gasteiger partial charge in [-0.25, -0.2) is 4.79 Å². The van der Waals surface area contributed by atoms with E-state index >= 15 is 0 Å². The molecular formula is C45H64N2O3. The van der Waals surface area contributed by atoms with E-state index in [9.17, 15) is 9.59 Å². The Morgan fingerprint density at radius 3 is 2.22 bits per heavy atom. The van der Waals surface area contributed by atoms with E-state index in [1.165, 1.54) is 86.5 Å². The van der Waals surface area contributed by atoms with Crippen molar-refractivity contribution in [2.24, 2.45) is 52.3 Å². The largest absolute Gasteiger partial charge is 0.449 e. The highest BCUT2D eigenvalue weighted by molar-refractivity contribution is 5.79. The molecule has 0 aliphatic heterocycles. The number of rotatable bonds is 11. The molecule has 2 aromatic rings. The van der Waals surface area contributed by atoms with Gasteiger partial charge in [0.1, 0.15) is 6.61 Å². The number of hydrogen-bond donors (Lipinski definition) is 2. The first-order valence-corrected chi connectivity index (χ1v) is 20.5. The van der Waals surface area contributed by atoms with Crippen LogP contribution in [0.15, 0.2) is 48.5 Å². The van der Waals surface area contributed by atoms with Crippen molar-refractivity contribution in [1.29, 1.82) is 0 Å². The topological polar surface area (TPSA) is 67.4 Å². The molecule has 0 saturated heterocycles. The maximum Gasteiger partial charge on any atom is 0.407 e. The highest BCUT2D eigenvalue weighted by Gasteiger charge is 2.60. The van der Waals surface area contributed by atoms with Crippen LogP contribution in [0.3, 0.4) is 0 Å². The van der Waals surface area contributed by atoms with Gasteiger partial charge in [0.15, 0.2) is 0 Å². The number of benzene rings is 2. The molecule has 0 heterocycles. The van der Waals surface area contributed by atoms with Gasteiger partial charge < -0.3 is 15.4 Å². The fraction of sp³-hybridized carbons (Fsp3) is 0.689. The molecule has 5 aliphatic carbocycles. The Labute approximate surface area is 302 Å². The van der Waals surface area contributed by atoms with Crippen LogP contribution >= 0.6 is 0 Å². The molecule has 272 valence electrons. The van der Waals surface area contributed by atoms with Crippen LogP contribution in [0.1, 0.15) is 135 Å². The van der Waals surface area contributed by atoms with E-state index in [-0.39, 0.29) is 37.4 Å². The lowest BCUT2D eigenvalue weighted by Gasteiger charge is -2.61. The number of amides is 2. The minimum Gasteiger partial charge on any atom is -0.449 e. The Balaban J connectivity index is 0.855. The predicted molar refractivity (Wildman–Crippen MR) is 203 cm³/mol. The Bertz CT molecular complexity index is 1470. The second-order valence-electron chi connectivity index (χ2n) is 18.2. The summed E-state index contributed by atoms with van der Waals surface area (Å²) in [5, 5.41) is 6.20. The molecule has 50 heavy (non-hydrogen) atoms. The Hall–Kier alpha value is -2.82. The van der Waals surface area contributed by atoms with Crippen LogP contribution < -0.4 is 10.6 Å². The van der Waals surface area contributed by atoms with E-state index < -0.39 is 6.09 Å². The van der Waals surface area contributed by atoms with Crippen LogP contribution in [0.4, 0.5) is 4.79 Å². The molecule has 2 N–H and O–H groups in total. The van der Waals surface area contributed by atoms with Gasteiger partial charge in [-0.05, 0) is 132 Å². The van der Waals surface area contributed by atoms with Gasteiger partial charge in [-0.3, -0.25) is 4.79 Å². The summed E-state index contributed by atoms with van der Waals surface area (Å²) in [6.07, 6.45) is 15.9. The molecule has 4 saturated carbocycles. The Morgan fingerprint density at radius 2 is 1.50 bits per heavy atom. The average molecular weight is 681 g/mol. The van der Waals surface area contributed by atoms with Crippen LogP contribution in [0.2, 0.25) is 0 Å². The molecule has 0 radical (unpaired) electrons. The minimum atomic E-state index is -0.456. The van der Waals surface area contributed by atoms with Crippen molar-refractivity contribution in [2.45, 2.75) is 130 Å². The third-order valence-electron chi connectivity index (χ3n) is 15.2. The highest BCUT2D eigenvalue weighted by atomic mass is 16.5. The maximum atomic E-state index is 13.0. The molecular weight excluding hydrogens is 617 g/mol. The number of nitrogens with one attached hydrogen (secondary N) is 2. The molecule has 0 aromatic heterocycles. The summed E-state index contributed by atoms with van der Waals surface area (Å²) < 4.78 is 5.68. The summed E-state index contributed by atoms with van der Waals surface area (Å²) in [7, 11) is 0. The molecule has 4 fully saturated rings. The summed E-state index contributed by atoms with van der Waals surface area (Å²) in [4.78, 5) is 25.7. The van der Waals surface area contributed by atoms with Crippen LogP contribution in [0.25, 0.3) is 11.1 Å². The quantitative estimate of drug-likeness (QED) is 0.248. The number of ether oxygens (including phenoxy) is 1. The van der Waals surface area contributed by atoms with Gasteiger partial charge in [-0.15, -0.1) is 0 Å². The lowest BCUT2D eigenvalue weighted by atomic mass is 9.44.